The van der Waals surface area contributed by atoms with Crippen LogP contribution in [0, 0.1) is 0 Å². The van der Waals surface area contributed by atoms with Crippen molar-refractivity contribution in [2.45, 2.75) is 11.4 Å². The molecule has 4 heterocycles. The van der Waals surface area contributed by atoms with Crippen LogP contribution in [-0.4, -0.2) is 48.8 Å². The highest BCUT2D eigenvalue weighted by molar-refractivity contribution is 7.89. The Kier molecular flexibility index (Phi) is 4.13. The van der Waals surface area contributed by atoms with Gasteiger partial charge in [0.05, 0.1) is 23.0 Å². The average molecular weight is 363 g/mol. The van der Waals surface area contributed by atoms with E-state index in [9.17, 15) is 8.42 Å². The average Bonchev–Trinajstić information content (AvgIpc) is 3.25. The van der Waals surface area contributed by atoms with Crippen molar-refractivity contribution < 1.29 is 12.8 Å². The molecule has 4 rings (SSSR count). The Morgan fingerprint density at radius 3 is 2.79 bits per heavy atom. The fourth-order valence-electron chi connectivity index (χ4n) is 2.87. The molecule has 126 valence electrons. The largest absolute Gasteiger partial charge is 0.468 e. The Hall–Kier alpha value is -1.74. The Morgan fingerprint density at radius 2 is 2.04 bits per heavy atom. The summed E-state index contributed by atoms with van der Waals surface area (Å²) < 4.78 is 33.5. The van der Waals surface area contributed by atoms with E-state index in [0.29, 0.717) is 32.7 Å². The fourth-order valence-corrected chi connectivity index (χ4v) is 5.12. The van der Waals surface area contributed by atoms with E-state index < -0.39 is 10.0 Å². The molecule has 0 saturated carbocycles. The zero-order chi connectivity index (χ0) is 16.6. The van der Waals surface area contributed by atoms with Gasteiger partial charge in [-0.1, -0.05) is 0 Å². The highest BCUT2D eigenvalue weighted by Crippen LogP contribution is 2.24. The highest BCUT2D eigenvalue weighted by atomic mass is 32.2. The van der Waals surface area contributed by atoms with Gasteiger partial charge in [0, 0.05) is 32.4 Å². The SMILES string of the molecule is O=S(=O)(c1cnc2ccsc2c1)N1CCN(Cc2ccco2)CC1. The zero-order valence-electron chi connectivity index (χ0n) is 13.0. The van der Waals surface area contributed by atoms with Crippen molar-refractivity contribution >= 4 is 31.6 Å². The van der Waals surface area contributed by atoms with Gasteiger partial charge >= 0.3 is 0 Å². The molecule has 0 atom stereocenters. The monoisotopic (exact) mass is 363 g/mol. The van der Waals surface area contributed by atoms with Crippen LogP contribution in [0.1, 0.15) is 5.76 Å². The number of nitrogens with zero attached hydrogens (tertiary/aromatic N) is 3. The minimum absolute atomic E-state index is 0.275. The van der Waals surface area contributed by atoms with E-state index in [0.717, 1.165) is 16.0 Å². The third kappa shape index (κ3) is 2.98. The van der Waals surface area contributed by atoms with E-state index in [1.165, 1.54) is 17.5 Å². The lowest BCUT2D eigenvalue weighted by Crippen LogP contribution is -2.48. The normalized spacial score (nSPS) is 17.5. The molecule has 0 N–H and O–H groups in total. The smallest absolute Gasteiger partial charge is 0.244 e. The lowest BCUT2D eigenvalue weighted by Gasteiger charge is -2.33. The molecule has 8 heteroatoms. The second kappa shape index (κ2) is 6.29. The molecule has 0 radical (unpaired) electrons. The Labute approximate surface area is 144 Å². The number of furan rings is 1. The van der Waals surface area contributed by atoms with Gasteiger partial charge in [0.2, 0.25) is 10.0 Å². The molecular weight excluding hydrogens is 346 g/mol. The predicted octanol–water partition coefficient (Wildman–Crippen LogP) is 2.40. The number of thiophene rings is 1. The molecule has 3 aromatic rings. The van der Waals surface area contributed by atoms with Crippen LogP contribution in [0.3, 0.4) is 0 Å². The van der Waals surface area contributed by atoms with Crippen molar-refractivity contribution in [2.24, 2.45) is 0 Å². The molecule has 6 nitrogen and oxygen atoms in total. The van der Waals surface area contributed by atoms with E-state index in [1.54, 1.807) is 16.6 Å². The van der Waals surface area contributed by atoms with Crippen molar-refractivity contribution in [2.75, 3.05) is 26.2 Å². The quantitative estimate of drug-likeness (QED) is 0.712. The van der Waals surface area contributed by atoms with Gasteiger partial charge in [-0.2, -0.15) is 4.31 Å². The number of sulfonamides is 1. The van der Waals surface area contributed by atoms with Gasteiger partial charge in [-0.15, -0.1) is 11.3 Å². The molecule has 0 unspecified atom stereocenters. The minimum atomic E-state index is -3.49. The Balaban J connectivity index is 1.47. The molecule has 1 saturated heterocycles. The molecule has 1 fully saturated rings. The predicted molar refractivity (Wildman–Crippen MR) is 92.4 cm³/mol. The first-order valence-electron chi connectivity index (χ1n) is 7.71. The minimum Gasteiger partial charge on any atom is -0.468 e. The topological polar surface area (TPSA) is 66.7 Å². The summed E-state index contributed by atoms with van der Waals surface area (Å²) >= 11 is 1.50. The molecule has 1 aliphatic heterocycles. The number of pyridine rings is 1. The zero-order valence-corrected chi connectivity index (χ0v) is 14.6. The van der Waals surface area contributed by atoms with Crippen LogP contribution in [-0.2, 0) is 16.6 Å². The van der Waals surface area contributed by atoms with Crippen LogP contribution in [0.25, 0.3) is 10.2 Å². The maximum Gasteiger partial charge on any atom is 0.244 e. The molecule has 0 aliphatic carbocycles. The van der Waals surface area contributed by atoms with Crippen LogP contribution >= 0.6 is 11.3 Å². The summed E-state index contributed by atoms with van der Waals surface area (Å²) in [6.45, 7) is 3.05. The van der Waals surface area contributed by atoms with Crippen molar-refractivity contribution in [3.63, 3.8) is 0 Å². The van der Waals surface area contributed by atoms with Gasteiger partial charge in [-0.05, 0) is 29.6 Å². The number of fused-ring (bicyclic) bond motifs is 1. The van der Waals surface area contributed by atoms with Crippen LogP contribution in [0.5, 0.6) is 0 Å². The van der Waals surface area contributed by atoms with Crippen molar-refractivity contribution in [3.8, 4) is 0 Å². The first kappa shape index (κ1) is 15.8. The molecule has 0 bridgehead atoms. The van der Waals surface area contributed by atoms with Crippen molar-refractivity contribution in [1.82, 2.24) is 14.2 Å². The number of hydrogen-bond acceptors (Lipinski definition) is 6. The molecule has 0 aromatic carbocycles. The fraction of sp³-hybridized carbons (Fsp3) is 0.312. The molecule has 24 heavy (non-hydrogen) atoms. The van der Waals surface area contributed by atoms with E-state index in [1.807, 2.05) is 23.6 Å². The molecule has 0 amide bonds. The summed E-state index contributed by atoms with van der Waals surface area (Å²) in [5.74, 6) is 0.902. The van der Waals surface area contributed by atoms with Gasteiger partial charge in [0.15, 0.2) is 0 Å². The third-order valence-corrected chi connectivity index (χ3v) is 6.92. The highest BCUT2D eigenvalue weighted by Gasteiger charge is 2.29. The van der Waals surface area contributed by atoms with E-state index in [4.69, 9.17) is 4.42 Å². The van der Waals surface area contributed by atoms with Gasteiger partial charge in [-0.25, -0.2) is 8.42 Å². The first-order valence-corrected chi connectivity index (χ1v) is 10.0. The summed E-state index contributed by atoms with van der Waals surface area (Å²) in [4.78, 5) is 6.72. The molecular formula is C16H17N3O3S2. The van der Waals surface area contributed by atoms with Crippen LogP contribution in [0.4, 0.5) is 0 Å². The summed E-state index contributed by atoms with van der Waals surface area (Å²) in [7, 11) is -3.49. The summed E-state index contributed by atoms with van der Waals surface area (Å²) in [5.41, 5.74) is 0.835. The summed E-state index contributed by atoms with van der Waals surface area (Å²) in [5, 5.41) is 1.92. The van der Waals surface area contributed by atoms with Gasteiger partial charge in [0.25, 0.3) is 0 Å². The second-order valence-electron chi connectivity index (χ2n) is 5.73. The lowest BCUT2D eigenvalue weighted by atomic mass is 10.3. The van der Waals surface area contributed by atoms with Gasteiger partial charge in [0.1, 0.15) is 10.7 Å². The maximum atomic E-state index is 12.8. The van der Waals surface area contributed by atoms with Crippen LogP contribution in [0.15, 0.2) is 51.4 Å². The second-order valence-corrected chi connectivity index (χ2v) is 8.62. The van der Waals surface area contributed by atoms with Gasteiger partial charge < -0.3 is 4.42 Å². The Morgan fingerprint density at radius 1 is 1.21 bits per heavy atom. The summed E-state index contributed by atoms with van der Waals surface area (Å²) in [6.07, 6.45) is 3.11. The number of hydrogen-bond donors (Lipinski definition) is 0. The van der Waals surface area contributed by atoms with Crippen molar-refractivity contribution in [1.29, 1.82) is 0 Å². The van der Waals surface area contributed by atoms with Crippen LogP contribution in [0.2, 0.25) is 0 Å². The third-order valence-electron chi connectivity index (χ3n) is 4.21. The maximum absolute atomic E-state index is 12.8. The summed E-state index contributed by atoms with van der Waals surface area (Å²) in [6, 6.07) is 7.41. The van der Waals surface area contributed by atoms with E-state index in [-0.39, 0.29) is 4.90 Å². The number of piperazine rings is 1. The van der Waals surface area contributed by atoms with Gasteiger partial charge in [-0.3, -0.25) is 9.88 Å². The first-order chi connectivity index (χ1) is 11.6. The van der Waals surface area contributed by atoms with Crippen LogP contribution < -0.4 is 0 Å². The van der Waals surface area contributed by atoms with E-state index >= 15 is 0 Å². The van der Waals surface area contributed by atoms with Crippen molar-refractivity contribution in [3.05, 3.63) is 47.9 Å². The number of aromatic nitrogens is 1. The molecule has 1 aliphatic rings. The van der Waals surface area contributed by atoms with E-state index in [2.05, 4.69) is 9.88 Å². The lowest BCUT2D eigenvalue weighted by molar-refractivity contribution is 0.171. The standard InChI is InChI=1S/C16H17N3O3S2/c20-24(21,14-10-16-15(17-11-14)3-9-23-16)19-6-4-18(5-7-19)12-13-2-1-8-22-13/h1-3,8-11H,4-7,12H2. The Bertz CT molecular complexity index is 927. The number of rotatable bonds is 4. The molecule has 3 aromatic heterocycles. The molecule has 0 spiro atoms.